The summed E-state index contributed by atoms with van der Waals surface area (Å²) in [6.45, 7) is 4.15. The number of H-pyrrole nitrogens is 1. The van der Waals surface area contributed by atoms with Crippen LogP contribution >= 0.6 is 0 Å². The molecule has 0 radical (unpaired) electrons. The number of aryl methyl sites for hydroxylation is 1. The Morgan fingerprint density at radius 1 is 1.15 bits per heavy atom. The summed E-state index contributed by atoms with van der Waals surface area (Å²) in [7, 11) is 1.77. The van der Waals surface area contributed by atoms with E-state index in [4.69, 9.17) is 4.74 Å². The number of para-hydroxylation sites is 1. The molecule has 0 spiro atoms. The molecule has 3 rings (SSSR count). The normalized spacial score (nSPS) is 11.5. The van der Waals surface area contributed by atoms with E-state index >= 15 is 0 Å². The van der Waals surface area contributed by atoms with Gasteiger partial charge in [-0.15, -0.1) is 0 Å². The molecule has 0 saturated heterocycles. The smallest absolute Gasteiger partial charge is 0.191 e. The first kappa shape index (κ1) is 17.8. The largest absolute Gasteiger partial charge is 0.490 e. The summed E-state index contributed by atoms with van der Waals surface area (Å²) in [6, 6.07) is 12.2. The molecule has 0 aliphatic rings. The van der Waals surface area contributed by atoms with Crippen molar-refractivity contribution in [2.45, 2.75) is 13.3 Å². The molecule has 2 aromatic heterocycles. The van der Waals surface area contributed by atoms with Crippen LogP contribution in [0.3, 0.4) is 0 Å². The SMILES string of the molecule is CN=C(NCCOc1cccnc1)NCCc1c(C)[nH]c2ccccc12. The van der Waals surface area contributed by atoms with Crippen molar-refractivity contribution < 1.29 is 4.74 Å². The van der Waals surface area contributed by atoms with Crippen molar-refractivity contribution in [3.05, 3.63) is 60.0 Å². The molecule has 0 fully saturated rings. The molecular formula is C20H25N5O. The minimum absolute atomic E-state index is 0.550. The van der Waals surface area contributed by atoms with Crippen LogP contribution in [0.2, 0.25) is 0 Å². The van der Waals surface area contributed by atoms with Gasteiger partial charge < -0.3 is 20.4 Å². The first-order valence-electron chi connectivity index (χ1n) is 8.81. The highest BCUT2D eigenvalue weighted by molar-refractivity contribution is 5.84. The Morgan fingerprint density at radius 3 is 2.81 bits per heavy atom. The number of hydrogen-bond acceptors (Lipinski definition) is 3. The maximum absolute atomic E-state index is 5.62. The number of aromatic amines is 1. The average Bonchev–Trinajstić information content (AvgIpc) is 3.00. The van der Waals surface area contributed by atoms with Crippen molar-refractivity contribution in [1.29, 1.82) is 0 Å². The van der Waals surface area contributed by atoms with Gasteiger partial charge in [-0.25, -0.2) is 0 Å². The first-order valence-corrected chi connectivity index (χ1v) is 8.81. The topological polar surface area (TPSA) is 74.3 Å². The highest BCUT2D eigenvalue weighted by Gasteiger charge is 2.07. The van der Waals surface area contributed by atoms with Gasteiger partial charge in [-0.2, -0.15) is 0 Å². The highest BCUT2D eigenvalue weighted by atomic mass is 16.5. The van der Waals surface area contributed by atoms with E-state index < -0.39 is 0 Å². The fraction of sp³-hybridized carbons (Fsp3) is 0.300. The number of pyridine rings is 1. The second-order valence-corrected chi connectivity index (χ2v) is 5.99. The molecule has 0 amide bonds. The number of hydrogen-bond donors (Lipinski definition) is 3. The van der Waals surface area contributed by atoms with E-state index in [2.05, 4.69) is 56.8 Å². The summed E-state index contributed by atoms with van der Waals surface area (Å²) in [4.78, 5) is 11.7. The van der Waals surface area contributed by atoms with E-state index in [0.717, 1.165) is 24.7 Å². The predicted octanol–water partition coefficient (Wildman–Crippen LogP) is 2.66. The van der Waals surface area contributed by atoms with Crippen molar-refractivity contribution in [3.63, 3.8) is 0 Å². The Morgan fingerprint density at radius 2 is 2.00 bits per heavy atom. The molecule has 6 heteroatoms. The lowest BCUT2D eigenvalue weighted by Crippen LogP contribution is -2.40. The van der Waals surface area contributed by atoms with Crippen LogP contribution in [0.4, 0.5) is 0 Å². The van der Waals surface area contributed by atoms with Gasteiger partial charge in [0.1, 0.15) is 12.4 Å². The Kier molecular flexibility index (Phi) is 6.09. The number of fused-ring (bicyclic) bond motifs is 1. The second kappa shape index (κ2) is 8.89. The number of aromatic nitrogens is 2. The number of ether oxygens (including phenoxy) is 1. The third kappa shape index (κ3) is 4.53. The number of benzene rings is 1. The molecule has 0 aliphatic carbocycles. The van der Waals surface area contributed by atoms with Crippen LogP contribution in [0.15, 0.2) is 53.8 Å². The molecule has 2 heterocycles. The van der Waals surface area contributed by atoms with Crippen LogP contribution in [-0.2, 0) is 6.42 Å². The van der Waals surface area contributed by atoms with Gasteiger partial charge in [0.25, 0.3) is 0 Å². The van der Waals surface area contributed by atoms with E-state index in [-0.39, 0.29) is 0 Å². The van der Waals surface area contributed by atoms with E-state index in [1.54, 1.807) is 19.4 Å². The first-order chi connectivity index (χ1) is 12.8. The molecule has 26 heavy (non-hydrogen) atoms. The Hall–Kier alpha value is -3.02. The van der Waals surface area contributed by atoms with Crippen molar-refractivity contribution >= 4 is 16.9 Å². The molecular weight excluding hydrogens is 326 g/mol. The van der Waals surface area contributed by atoms with Gasteiger partial charge >= 0.3 is 0 Å². The summed E-state index contributed by atoms with van der Waals surface area (Å²) in [5.41, 5.74) is 3.76. The lowest BCUT2D eigenvalue weighted by atomic mass is 10.1. The Bertz CT molecular complexity index is 857. The molecule has 0 saturated carbocycles. The van der Waals surface area contributed by atoms with Gasteiger partial charge in [0, 0.05) is 36.4 Å². The highest BCUT2D eigenvalue weighted by Crippen LogP contribution is 2.21. The minimum atomic E-state index is 0.550. The molecule has 0 unspecified atom stereocenters. The fourth-order valence-electron chi connectivity index (χ4n) is 2.95. The molecule has 3 aromatic rings. The van der Waals surface area contributed by atoms with E-state index in [0.29, 0.717) is 13.2 Å². The monoisotopic (exact) mass is 351 g/mol. The lowest BCUT2D eigenvalue weighted by molar-refractivity contribution is 0.320. The van der Waals surface area contributed by atoms with Crippen molar-refractivity contribution in [3.8, 4) is 5.75 Å². The average molecular weight is 351 g/mol. The molecule has 0 aliphatic heterocycles. The quantitative estimate of drug-likeness (QED) is 0.348. The number of aliphatic imine (C=N–C) groups is 1. The van der Waals surface area contributed by atoms with Crippen LogP contribution in [0, 0.1) is 6.92 Å². The molecule has 136 valence electrons. The standard InChI is InChI=1S/C20H25N5O/c1-15-17(18-7-3-4-8-19(18)25-15)9-11-23-20(21-2)24-12-13-26-16-6-5-10-22-14-16/h3-8,10,14,25H,9,11-13H2,1-2H3,(H2,21,23,24). The molecule has 0 bridgehead atoms. The molecule has 0 atom stereocenters. The maximum Gasteiger partial charge on any atom is 0.191 e. The van der Waals surface area contributed by atoms with Gasteiger partial charge in [0.2, 0.25) is 0 Å². The number of guanidine groups is 1. The molecule has 1 aromatic carbocycles. The van der Waals surface area contributed by atoms with Crippen LogP contribution in [0.1, 0.15) is 11.3 Å². The maximum atomic E-state index is 5.62. The summed E-state index contributed by atoms with van der Waals surface area (Å²) in [5, 5.41) is 7.90. The van der Waals surface area contributed by atoms with E-state index in [1.165, 1.54) is 22.2 Å². The third-order valence-electron chi connectivity index (χ3n) is 4.22. The molecule has 6 nitrogen and oxygen atoms in total. The predicted molar refractivity (Wildman–Crippen MR) is 106 cm³/mol. The van der Waals surface area contributed by atoms with Crippen LogP contribution in [0.5, 0.6) is 5.75 Å². The van der Waals surface area contributed by atoms with Crippen molar-refractivity contribution in [1.82, 2.24) is 20.6 Å². The second-order valence-electron chi connectivity index (χ2n) is 5.99. The Balaban J connectivity index is 1.43. The minimum Gasteiger partial charge on any atom is -0.490 e. The molecule has 3 N–H and O–H groups in total. The van der Waals surface area contributed by atoms with Gasteiger partial charge in [0.15, 0.2) is 5.96 Å². The van der Waals surface area contributed by atoms with E-state index in [1.807, 2.05) is 12.1 Å². The summed E-state index contributed by atoms with van der Waals surface area (Å²) in [5.74, 6) is 1.55. The van der Waals surface area contributed by atoms with Crippen molar-refractivity contribution in [2.24, 2.45) is 4.99 Å². The number of nitrogens with one attached hydrogen (secondary N) is 3. The van der Waals surface area contributed by atoms with Crippen molar-refractivity contribution in [2.75, 3.05) is 26.7 Å². The third-order valence-corrected chi connectivity index (χ3v) is 4.22. The van der Waals surface area contributed by atoms with Crippen LogP contribution in [0.25, 0.3) is 10.9 Å². The number of rotatable bonds is 7. The summed E-state index contributed by atoms with van der Waals surface area (Å²) < 4.78 is 5.62. The fourth-order valence-corrected chi connectivity index (χ4v) is 2.95. The van der Waals surface area contributed by atoms with Crippen LogP contribution < -0.4 is 15.4 Å². The van der Waals surface area contributed by atoms with Crippen LogP contribution in [-0.4, -0.2) is 42.7 Å². The summed E-state index contributed by atoms with van der Waals surface area (Å²) >= 11 is 0. The lowest BCUT2D eigenvalue weighted by Gasteiger charge is -2.12. The Labute approximate surface area is 153 Å². The zero-order chi connectivity index (χ0) is 18.2. The number of nitrogens with zero attached hydrogens (tertiary/aromatic N) is 2. The van der Waals surface area contributed by atoms with E-state index in [9.17, 15) is 0 Å². The van der Waals surface area contributed by atoms with Gasteiger partial charge in [-0.05, 0) is 37.1 Å². The van der Waals surface area contributed by atoms with Gasteiger partial charge in [0.05, 0.1) is 12.7 Å². The van der Waals surface area contributed by atoms with Gasteiger partial charge in [-0.3, -0.25) is 9.98 Å². The zero-order valence-electron chi connectivity index (χ0n) is 15.2. The summed E-state index contributed by atoms with van der Waals surface area (Å²) in [6.07, 6.45) is 4.37. The van der Waals surface area contributed by atoms with Gasteiger partial charge in [-0.1, -0.05) is 18.2 Å². The zero-order valence-corrected chi connectivity index (χ0v) is 15.2.